The molecule has 1 fully saturated rings. The Morgan fingerprint density at radius 3 is 2.59 bits per heavy atom. The van der Waals surface area contributed by atoms with Crippen molar-refractivity contribution in [1.82, 2.24) is 15.3 Å². The van der Waals surface area contributed by atoms with Gasteiger partial charge in [0, 0.05) is 22.1 Å². The van der Waals surface area contributed by atoms with Crippen LogP contribution in [0.3, 0.4) is 0 Å². The third-order valence-corrected chi connectivity index (χ3v) is 8.39. The Bertz CT molecular complexity index is 1780. The fourth-order valence-corrected chi connectivity index (χ4v) is 5.60. The number of benzene rings is 2. The van der Waals surface area contributed by atoms with Crippen molar-refractivity contribution < 1.29 is 28.6 Å². The van der Waals surface area contributed by atoms with E-state index in [4.69, 9.17) is 43.4 Å². The van der Waals surface area contributed by atoms with Crippen LogP contribution in [-0.4, -0.2) is 47.2 Å². The van der Waals surface area contributed by atoms with E-state index in [0.29, 0.717) is 40.2 Å². The summed E-state index contributed by atoms with van der Waals surface area (Å²) in [5, 5.41) is 15.8. The van der Waals surface area contributed by atoms with Crippen molar-refractivity contribution in [2.45, 2.75) is 38.7 Å². The predicted molar refractivity (Wildman–Crippen MR) is 166 cm³/mol. The van der Waals surface area contributed by atoms with Crippen molar-refractivity contribution in [3.8, 4) is 22.8 Å². The number of carbonyl (C=O) groups excluding carboxylic acids is 2. The number of rotatable bonds is 11. The highest BCUT2D eigenvalue weighted by Gasteiger charge is 2.47. The summed E-state index contributed by atoms with van der Waals surface area (Å²) in [7, 11) is 1.47. The second-order valence-corrected chi connectivity index (χ2v) is 11.5. The minimum absolute atomic E-state index is 0.149. The Kier molecular flexibility index (Phi) is 8.97. The molecule has 0 aliphatic heterocycles. The molecule has 1 aliphatic rings. The molecule has 0 bridgehead atoms. The van der Waals surface area contributed by atoms with Gasteiger partial charge in [0.25, 0.3) is 5.91 Å². The van der Waals surface area contributed by atoms with Crippen LogP contribution in [0.1, 0.15) is 46.9 Å². The smallest absolute Gasteiger partial charge is 0.251 e. The number of ether oxygens (including phenoxy) is 2. The number of nitrogens with one attached hydrogen (secondary N) is 1. The van der Waals surface area contributed by atoms with Crippen LogP contribution < -0.4 is 20.5 Å². The number of methoxy groups -OCH3 is 1. The van der Waals surface area contributed by atoms with Crippen LogP contribution in [0.4, 0.5) is 4.39 Å². The number of nitrogens with zero attached hydrogens (tertiary/aromatic N) is 2. The van der Waals surface area contributed by atoms with Crippen molar-refractivity contribution in [1.29, 1.82) is 0 Å². The van der Waals surface area contributed by atoms with Crippen LogP contribution in [-0.2, 0) is 16.8 Å². The summed E-state index contributed by atoms with van der Waals surface area (Å²) in [6, 6.07) is 10.8. The van der Waals surface area contributed by atoms with Gasteiger partial charge < -0.3 is 25.6 Å². The normalized spacial score (nSPS) is 14.2. The molecule has 230 valence electrons. The summed E-state index contributed by atoms with van der Waals surface area (Å²) in [5.74, 6) is -1.44. The van der Waals surface area contributed by atoms with Crippen LogP contribution in [0, 0.1) is 18.7 Å². The zero-order valence-electron chi connectivity index (χ0n) is 24.3. The Labute approximate surface area is 263 Å². The number of aromatic nitrogens is 2. The van der Waals surface area contributed by atoms with E-state index in [1.807, 2.05) is 13.0 Å². The van der Waals surface area contributed by atoms with Crippen LogP contribution in [0.15, 0.2) is 42.5 Å². The molecule has 1 aliphatic carbocycles. The van der Waals surface area contributed by atoms with Crippen LogP contribution in [0.2, 0.25) is 10.2 Å². The predicted octanol–water partition coefficient (Wildman–Crippen LogP) is 5.51. The molecule has 4 aromatic rings. The van der Waals surface area contributed by atoms with E-state index in [2.05, 4.69) is 10.3 Å². The lowest BCUT2D eigenvalue weighted by Gasteiger charge is -2.30. The highest BCUT2D eigenvalue weighted by Crippen LogP contribution is 2.47. The molecule has 5 rings (SSSR count). The van der Waals surface area contributed by atoms with E-state index >= 15 is 0 Å². The van der Waals surface area contributed by atoms with E-state index in [9.17, 15) is 19.1 Å². The first-order valence-electron chi connectivity index (χ1n) is 14.0. The molecule has 1 atom stereocenters. The lowest BCUT2D eigenvalue weighted by atomic mass is 9.90. The number of hydrogen-bond acceptors (Lipinski definition) is 7. The van der Waals surface area contributed by atoms with Crippen LogP contribution in [0.5, 0.6) is 11.5 Å². The second-order valence-electron chi connectivity index (χ2n) is 10.7. The average Bonchev–Trinajstić information content (AvgIpc) is 3.84. The van der Waals surface area contributed by atoms with Crippen molar-refractivity contribution in [2.75, 3.05) is 20.3 Å². The van der Waals surface area contributed by atoms with Gasteiger partial charge in [0.05, 0.1) is 37.4 Å². The van der Waals surface area contributed by atoms with Gasteiger partial charge in [0.15, 0.2) is 0 Å². The van der Waals surface area contributed by atoms with E-state index in [-0.39, 0.29) is 58.8 Å². The number of aliphatic hydroxyl groups is 1. The van der Waals surface area contributed by atoms with Gasteiger partial charge in [-0.2, -0.15) is 0 Å². The quantitative estimate of drug-likeness (QED) is 0.184. The standard InChI is InChI=1S/C32H31Cl2FN4O5/c1-4-44-29-18(14-25(36)40)13-24(38-28(29)21-6-5-7-22(35)26(21)33)32(42,20-8-9-20)15-37-31(41)19-11-17-10-16(2)30(34)39-27(17)23(12-19)43-3/h5-7,10-13,20,42H,4,8-9,14-15H2,1-3H3,(H2,36,40)(H,37,41)/t32-/m1/s1. The highest BCUT2D eigenvalue weighted by atomic mass is 35.5. The lowest BCUT2D eigenvalue weighted by molar-refractivity contribution is -0.117. The molecule has 1 saturated carbocycles. The molecule has 0 unspecified atom stereocenters. The van der Waals surface area contributed by atoms with E-state index in [0.717, 1.165) is 5.56 Å². The number of fused-ring (bicyclic) bond motifs is 1. The monoisotopic (exact) mass is 640 g/mol. The Balaban J connectivity index is 1.56. The SMILES string of the molecule is CCOc1c(CC(N)=O)cc([C@@](O)(CNC(=O)c2cc(OC)c3nc(Cl)c(C)cc3c2)C2CC2)nc1-c1cccc(F)c1Cl. The van der Waals surface area contributed by atoms with Crippen molar-refractivity contribution in [2.24, 2.45) is 11.7 Å². The summed E-state index contributed by atoms with van der Waals surface area (Å²) in [5.41, 5.74) is 6.35. The largest absolute Gasteiger partial charge is 0.494 e. The number of nitrogens with two attached hydrogens (primary N) is 1. The van der Waals surface area contributed by atoms with Gasteiger partial charge >= 0.3 is 0 Å². The summed E-state index contributed by atoms with van der Waals surface area (Å²) in [4.78, 5) is 34.7. The molecule has 44 heavy (non-hydrogen) atoms. The van der Waals surface area contributed by atoms with E-state index in [1.165, 1.54) is 19.2 Å². The van der Waals surface area contributed by atoms with E-state index in [1.54, 1.807) is 31.2 Å². The molecular weight excluding hydrogens is 610 g/mol. The molecule has 9 nitrogen and oxygen atoms in total. The molecule has 2 aromatic heterocycles. The number of hydrogen-bond donors (Lipinski definition) is 3. The first-order chi connectivity index (χ1) is 21.0. The topological polar surface area (TPSA) is 137 Å². The van der Waals surface area contributed by atoms with Gasteiger partial charge in [-0.05, 0) is 68.5 Å². The summed E-state index contributed by atoms with van der Waals surface area (Å²) in [6.07, 6.45) is 1.13. The van der Waals surface area contributed by atoms with Gasteiger partial charge in [-0.3, -0.25) is 9.59 Å². The third kappa shape index (κ3) is 6.15. The molecular formula is C32H31Cl2FN4O5. The fraction of sp³-hybridized carbons (Fsp3) is 0.312. The van der Waals surface area contributed by atoms with Crippen molar-refractivity contribution in [3.05, 3.63) is 80.8 Å². The van der Waals surface area contributed by atoms with Gasteiger partial charge in [-0.1, -0.05) is 35.3 Å². The molecule has 0 saturated heterocycles. The number of aryl methyl sites for hydroxylation is 1. The van der Waals surface area contributed by atoms with Crippen molar-refractivity contribution >= 4 is 45.9 Å². The zero-order chi connectivity index (χ0) is 31.8. The molecule has 4 N–H and O–H groups in total. The molecule has 2 heterocycles. The number of primary amides is 1. The average molecular weight is 642 g/mol. The Morgan fingerprint density at radius 2 is 1.93 bits per heavy atom. The Morgan fingerprint density at radius 1 is 1.18 bits per heavy atom. The molecule has 0 spiro atoms. The first-order valence-corrected chi connectivity index (χ1v) is 14.8. The van der Waals surface area contributed by atoms with Crippen LogP contribution in [0.25, 0.3) is 22.2 Å². The molecule has 2 amide bonds. The summed E-state index contributed by atoms with van der Waals surface area (Å²) < 4.78 is 25.9. The molecule has 12 heteroatoms. The number of carbonyl (C=O) groups is 2. The maximum absolute atomic E-state index is 14.5. The molecule has 2 aromatic carbocycles. The van der Waals surface area contributed by atoms with E-state index < -0.39 is 23.2 Å². The maximum Gasteiger partial charge on any atom is 0.251 e. The third-order valence-electron chi connectivity index (χ3n) is 7.62. The van der Waals surface area contributed by atoms with Crippen LogP contribution >= 0.6 is 23.2 Å². The summed E-state index contributed by atoms with van der Waals surface area (Å²) >= 11 is 12.6. The minimum Gasteiger partial charge on any atom is -0.494 e. The lowest BCUT2D eigenvalue weighted by Crippen LogP contribution is -2.43. The van der Waals surface area contributed by atoms with Gasteiger partial charge in [-0.25, -0.2) is 14.4 Å². The highest BCUT2D eigenvalue weighted by molar-refractivity contribution is 6.33. The van der Waals surface area contributed by atoms with Crippen molar-refractivity contribution in [3.63, 3.8) is 0 Å². The van der Waals surface area contributed by atoms with Gasteiger partial charge in [-0.15, -0.1) is 0 Å². The van der Waals surface area contributed by atoms with Gasteiger partial charge in [0.1, 0.15) is 39.3 Å². The number of halogens is 3. The molecule has 0 radical (unpaired) electrons. The number of pyridine rings is 2. The maximum atomic E-state index is 14.5. The van der Waals surface area contributed by atoms with Gasteiger partial charge in [0.2, 0.25) is 5.91 Å². The second kappa shape index (κ2) is 12.6. The summed E-state index contributed by atoms with van der Waals surface area (Å²) in [6.45, 7) is 3.57. The first kappa shape index (κ1) is 31.4. The minimum atomic E-state index is -1.64. The number of amides is 2. The zero-order valence-corrected chi connectivity index (χ0v) is 25.9. The fourth-order valence-electron chi connectivity index (χ4n) is 5.25. The Hall–Kier alpha value is -3.99.